The first-order valence-corrected chi connectivity index (χ1v) is 11.5. The Morgan fingerprint density at radius 3 is 2.69 bits per heavy atom. The molecule has 2 N–H and O–H groups in total. The highest BCUT2D eigenvalue weighted by Gasteiger charge is 2.29. The van der Waals surface area contributed by atoms with E-state index in [4.69, 9.17) is 0 Å². The molecule has 0 saturated carbocycles. The molecule has 1 saturated heterocycles. The summed E-state index contributed by atoms with van der Waals surface area (Å²) in [6.07, 6.45) is 3.34. The van der Waals surface area contributed by atoms with Crippen LogP contribution in [0.1, 0.15) is 43.6 Å². The Kier molecular flexibility index (Phi) is 6.07. The summed E-state index contributed by atoms with van der Waals surface area (Å²) in [6, 6.07) is 12.5. The number of likely N-dealkylation sites (tertiary alicyclic amines) is 1. The molecule has 4 atom stereocenters. The largest absolute Gasteiger partial charge is 0.361 e. The number of fused-ring (bicyclic) bond motifs is 1. The number of aromatic nitrogens is 1. The smallest absolute Gasteiger partial charge is 0.239 e. The highest BCUT2D eigenvalue weighted by atomic mass is 32.1. The molecule has 2 aromatic heterocycles. The van der Waals surface area contributed by atoms with Crippen molar-refractivity contribution in [3.05, 3.63) is 58.4 Å². The Morgan fingerprint density at radius 2 is 1.97 bits per heavy atom. The third-order valence-electron chi connectivity index (χ3n) is 6.06. The molecule has 1 fully saturated rings. The van der Waals surface area contributed by atoms with Crippen LogP contribution in [0.25, 0.3) is 10.9 Å². The number of rotatable bonds is 6. The molecule has 0 radical (unpaired) electrons. The predicted octanol–water partition coefficient (Wildman–Crippen LogP) is 4.84. The molecule has 29 heavy (non-hydrogen) atoms. The number of nitrogens with zero attached hydrogens (tertiary/aromatic N) is 1. The molecule has 1 aliphatic rings. The molecular weight excluding hydrogens is 378 g/mol. The van der Waals surface area contributed by atoms with Crippen molar-refractivity contribution in [1.82, 2.24) is 15.2 Å². The first-order chi connectivity index (χ1) is 14.0. The van der Waals surface area contributed by atoms with E-state index >= 15 is 0 Å². The SMILES string of the molecule is CC1CC(C)CN(C(=O)C(C)NCC(c2cccs2)c2c[nH]c3ccccc23)C1. The van der Waals surface area contributed by atoms with Crippen molar-refractivity contribution in [3.63, 3.8) is 0 Å². The van der Waals surface area contributed by atoms with Gasteiger partial charge in [0.2, 0.25) is 5.91 Å². The summed E-state index contributed by atoms with van der Waals surface area (Å²) in [4.78, 5) is 19.8. The Morgan fingerprint density at radius 1 is 1.21 bits per heavy atom. The minimum atomic E-state index is -0.180. The van der Waals surface area contributed by atoms with Crippen LogP contribution >= 0.6 is 11.3 Å². The molecular formula is C24H31N3OS. The molecule has 5 heteroatoms. The number of nitrogens with one attached hydrogen (secondary N) is 2. The molecule has 3 aromatic rings. The predicted molar refractivity (Wildman–Crippen MR) is 121 cm³/mol. The third-order valence-corrected chi connectivity index (χ3v) is 7.05. The molecule has 4 unspecified atom stereocenters. The molecule has 0 spiro atoms. The monoisotopic (exact) mass is 409 g/mol. The third kappa shape index (κ3) is 4.41. The zero-order valence-electron chi connectivity index (χ0n) is 17.5. The lowest BCUT2D eigenvalue weighted by Crippen LogP contribution is -2.50. The summed E-state index contributed by atoms with van der Waals surface area (Å²) in [5.41, 5.74) is 2.44. The molecule has 1 aliphatic heterocycles. The van der Waals surface area contributed by atoms with Gasteiger partial charge in [-0.25, -0.2) is 0 Å². The number of amides is 1. The first-order valence-electron chi connectivity index (χ1n) is 10.6. The van der Waals surface area contributed by atoms with Crippen molar-refractivity contribution in [1.29, 1.82) is 0 Å². The number of hydrogen-bond acceptors (Lipinski definition) is 3. The number of piperidine rings is 1. The average Bonchev–Trinajstić information content (AvgIpc) is 3.37. The highest BCUT2D eigenvalue weighted by molar-refractivity contribution is 7.10. The molecule has 1 aromatic carbocycles. The van der Waals surface area contributed by atoms with Crippen molar-refractivity contribution in [3.8, 4) is 0 Å². The molecule has 3 heterocycles. The maximum absolute atomic E-state index is 13.0. The van der Waals surface area contributed by atoms with Gasteiger partial charge in [-0.2, -0.15) is 0 Å². The van der Waals surface area contributed by atoms with E-state index in [-0.39, 0.29) is 17.9 Å². The van der Waals surface area contributed by atoms with Crippen LogP contribution < -0.4 is 5.32 Å². The van der Waals surface area contributed by atoms with Gasteiger partial charge in [-0.15, -0.1) is 11.3 Å². The van der Waals surface area contributed by atoms with Gasteiger partial charge in [-0.1, -0.05) is 38.1 Å². The number of hydrogen-bond donors (Lipinski definition) is 2. The molecule has 154 valence electrons. The van der Waals surface area contributed by atoms with Crippen LogP contribution in [0.2, 0.25) is 0 Å². The van der Waals surface area contributed by atoms with Crippen LogP contribution in [0, 0.1) is 11.8 Å². The molecule has 0 aliphatic carbocycles. The summed E-state index contributed by atoms with van der Waals surface area (Å²) in [5, 5.41) is 6.93. The summed E-state index contributed by atoms with van der Waals surface area (Å²) in [6.45, 7) is 9.01. The average molecular weight is 410 g/mol. The zero-order valence-corrected chi connectivity index (χ0v) is 18.3. The number of benzene rings is 1. The second-order valence-corrected chi connectivity index (χ2v) is 9.66. The van der Waals surface area contributed by atoms with Gasteiger partial charge < -0.3 is 15.2 Å². The molecule has 4 rings (SSSR count). The van der Waals surface area contributed by atoms with Crippen molar-refractivity contribution in [2.45, 2.75) is 39.2 Å². The number of thiophene rings is 1. The zero-order chi connectivity index (χ0) is 20.4. The number of carbonyl (C=O) groups excluding carboxylic acids is 1. The van der Waals surface area contributed by atoms with Crippen molar-refractivity contribution in [2.75, 3.05) is 19.6 Å². The van der Waals surface area contributed by atoms with E-state index in [1.54, 1.807) is 11.3 Å². The Bertz CT molecular complexity index is 938. The molecule has 1 amide bonds. The van der Waals surface area contributed by atoms with Gasteiger partial charge in [-0.05, 0) is 48.3 Å². The van der Waals surface area contributed by atoms with E-state index < -0.39 is 0 Å². The van der Waals surface area contributed by atoms with E-state index in [1.807, 2.05) is 6.92 Å². The number of para-hydroxylation sites is 1. The van der Waals surface area contributed by atoms with Gasteiger partial charge in [0.1, 0.15) is 0 Å². The van der Waals surface area contributed by atoms with E-state index in [0.717, 1.165) is 25.2 Å². The highest BCUT2D eigenvalue weighted by Crippen LogP contribution is 2.33. The van der Waals surface area contributed by atoms with Crippen molar-refractivity contribution >= 4 is 28.1 Å². The quantitative estimate of drug-likeness (QED) is 0.612. The lowest BCUT2D eigenvalue weighted by Gasteiger charge is -2.36. The Balaban J connectivity index is 1.49. The van der Waals surface area contributed by atoms with Crippen LogP contribution in [0.15, 0.2) is 48.0 Å². The summed E-state index contributed by atoms with van der Waals surface area (Å²) < 4.78 is 0. The fraction of sp³-hybridized carbons (Fsp3) is 0.458. The van der Waals surface area contributed by atoms with E-state index in [9.17, 15) is 4.79 Å². The van der Waals surface area contributed by atoms with Crippen LogP contribution in [-0.4, -0.2) is 41.5 Å². The number of aromatic amines is 1. The minimum Gasteiger partial charge on any atom is -0.361 e. The molecule has 0 bridgehead atoms. The maximum atomic E-state index is 13.0. The first kappa shape index (κ1) is 20.2. The van der Waals surface area contributed by atoms with Gasteiger partial charge in [0.25, 0.3) is 0 Å². The van der Waals surface area contributed by atoms with Gasteiger partial charge >= 0.3 is 0 Å². The van der Waals surface area contributed by atoms with Crippen LogP contribution in [0.4, 0.5) is 0 Å². The van der Waals surface area contributed by atoms with Gasteiger partial charge in [0.15, 0.2) is 0 Å². The van der Waals surface area contributed by atoms with Crippen LogP contribution in [0.3, 0.4) is 0 Å². The lowest BCUT2D eigenvalue weighted by molar-refractivity contribution is -0.135. The normalized spacial score (nSPS) is 22.0. The van der Waals surface area contributed by atoms with E-state index in [1.165, 1.54) is 22.2 Å². The van der Waals surface area contributed by atoms with Crippen LogP contribution in [-0.2, 0) is 4.79 Å². The standard InChI is InChI=1S/C24H31N3OS/c1-16-11-17(2)15-27(14-16)24(28)18(3)25-13-21(23-9-6-10-29-23)20-12-26-22-8-5-4-7-19(20)22/h4-10,12,16-18,21,25-26H,11,13-15H2,1-3H3. The molecule has 4 nitrogen and oxygen atoms in total. The van der Waals surface area contributed by atoms with Crippen molar-refractivity contribution in [2.24, 2.45) is 11.8 Å². The summed E-state index contributed by atoms with van der Waals surface area (Å²) in [7, 11) is 0. The van der Waals surface area contributed by atoms with Gasteiger partial charge in [0, 0.05) is 47.5 Å². The van der Waals surface area contributed by atoms with E-state index in [2.05, 4.69) is 77.0 Å². The van der Waals surface area contributed by atoms with Gasteiger partial charge in [-0.3, -0.25) is 4.79 Å². The Hall–Kier alpha value is -2.11. The summed E-state index contributed by atoms with van der Waals surface area (Å²) in [5.74, 6) is 1.62. The van der Waals surface area contributed by atoms with E-state index in [0.29, 0.717) is 11.8 Å². The minimum absolute atomic E-state index is 0.180. The second-order valence-electron chi connectivity index (χ2n) is 8.68. The number of H-pyrrole nitrogens is 1. The Labute approximate surface area is 177 Å². The lowest BCUT2D eigenvalue weighted by atomic mass is 9.91. The second kappa shape index (κ2) is 8.72. The maximum Gasteiger partial charge on any atom is 0.239 e. The fourth-order valence-corrected chi connectivity index (χ4v) is 5.58. The topological polar surface area (TPSA) is 48.1 Å². The fourth-order valence-electron chi connectivity index (χ4n) is 4.73. The van der Waals surface area contributed by atoms with Crippen molar-refractivity contribution < 1.29 is 4.79 Å². The number of carbonyl (C=O) groups is 1. The van der Waals surface area contributed by atoms with Gasteiger partial charge in [0.05, 0.1) is 6.04 Å². The summed E-state index contributed by atoms with van der Waals surface area (Å²) >= 11 is 1.78. The van der Waals surface area contributed by atoms with Crippen LogP contribution in [0.5, 0.6) is 0 Å².